The van der Waals surface area contributed by atoms with E-state index in [0.717, 1.165) is 36.8 Å². The standard InChI is InChI=1S/C19H30N2O3S.C18H26N2O3S.H2/c1-15(20-25(23)19(2,3)4)17-10-12-21(13-11-17)18(22)24-14-16-8-6-5-7-9-16;1-18(2,3)24(22)19-13-15-9-11-20(12-10-15)17(21)23-14-16-7-5-4-6-8-16;/h5-9,15,17,20H,10-14H2,1-4H3;4-8,13,15H,9-12,14H2,1-3H3;1H/t15-,25?;;/m1../s1. The second-order valence-corrected chi connectivity index (χ2v) is 18.6. The Hall–Kier alpha value is -2.77. The highest BCUT2D eigenvalue weighted by molar-refractivity contribution is 7.91. The monoisotopic (exact) mass is 718 g/mol. The fourth-order valence-corrected chi connectivity index (χ4v) is 6.66. The molecule has 0 radical (unpaired) electrons. The third-order valence-electron chi connectivity index (χ3n) is 8.45. The van der Waals surface area contributed by atoms with Gasteiger partial charge in [0.2, 0.25) is 0 Å². The van der Waals surface area contributed by atoms with E-state index in [1.807, 2.05) is 102 Å². The van der Waals surface area contributed by atoms with Crippen molar-refractivity contribution in [1.82, 2.24) is 14.5 Å². The van der Waals surface area contributed by atoms with Gasteiger partial charge in [-0.2, -0.15) is 0 Å². The van der Waals surface area contributed by atoms with E-state index in [9.17, 15) is 18.7 Å². The molecule has 3 atom stereocenters. The largest absolute Gasteiger partial charge is 0.598 e. The zero-order valence-electron chi connectivity index (χ0n) is 30.3. The molecule has 0 bridgehead atoms. The van der Waals surface area contributed by atoms with Gasteiger partial charge in [0.1, 0.15) is 34.1 Å². The van der Waals surface area contributed by atoms with E-state index in [0.29, 0.717) is 45.3 Å². The third-order valence-corrected chi connectivity index (χ3v) is 11.5. The molecule has 2 fully saturated rings. The van der Waals surface area contributed by atoms with Crippen LogP contribution >= 0.6 is 0 Å². The summed E-state index contributed by atoms with van der Waals surface area (Å²) in [4.78, 5) is 27.8. The number of ether oxygens (including phenoxy) is 2. The van der Waals surface area contributed by atoms with Crippen molar-refractivity contribution in [2.24, 2.45) is 16.2 Å². The summed E-state index contributed by atoms with van der Waals surface area (Å²) in [5.74, 6) is 0.693. The number of benzene rings is 2. The summed E-state index contributed by atoms with van der Waals surface area (Å²) >= 11 is -2.28. The lowest BCUT2D eigenvalue weighted by atomic mass is 9.91. The number of rotatable bonds is 9. The number of nitrogens with zero attached hydrogens (tertiary/aromatic N) is 3. The Kier molecular flexibility index (Phi) is 16.2. The van der Waals surface area contributed by atoms with Gasteiger partial charge in [-0.25, -0.2) is 9.59 Å². The van der Waals surface area contributed by atoms with Crippen molar-refractivity contribution < 1.29 is 29.6 Å². The first-order chi connectivity index (χ1) is 23.1. The van der Waals surface area contributed by atoms with Crippen LogP contribution in [0.25, 0.3) is 0 Å². The van der Waals surface area contributed by atoms with Gasteiger partial charge in [0.05, 0.1) is 12.3 Å². The van der Waals surface area contributed by atoms with Gasteiger partial charge in [-0.3, -0.25) is 0 Å². The average molecular weight is 719 g/mol. The summed E-state index contributed by atoms with van der Waals surface area (Å²) in [6.45, 7) is 17.0. The molecule has 2 aromatic rings. The minimum absolute atomic E-state index is 0. The quantitative estimate of drug-likeness (QED) is 0.213. The van der Waals surface area contributed by atoms with Crippen molar-refractivity contribution in [2.45, 2.75) is 103 Å². The highest BCUT2D eigenvalue weighted by atomic mass is 32.2. The molecule has 2 heterocycles. The minimum Gasteiger partial charge on any atom is -0.598 e. The lowest BCUT2D eigenvalue weighted by molar-refractivity contribution is 0.0797. The smallest absolute Gasteiger partial charge is 0.410 e. The lowest BCUT2D eigenvalue weighted by Crippen LogP contribution is -2.49. The summed E-state index contributed by atoms with van der Waals surface area (Å²) in [5, 5.41) is 0. The molecule has 10 nitrogen and oxygen atoms in total. The molecule has 4 rings (SSSR count). The average Bonchev–Trinajstić information content (AvgIpc) is 3.09. The van der Waals surface area contributed by atoms with Gasteiger partial charge in [0.15, 0.2) is 0 Å². The van der Waals surface area contributed by atoms with Gasteiger partial charge < -0.3 is 28.4 Å². The third kappa shape index (κ3) is 14.5. The summed E-state index contributed by atoms with van der Waals surface area (Å²) in [7, 11) is 0. The van der Waals surface area contributed by atoms with Crippen molar-refractivity contribution in [3.05, 3.63) is 71.8 Å². The zero-order valence-corrected chi connectivity index (χ0v) is 31.9. The number of piperidine rings is 2. The van der Waals surface area contributed by atoms with Crippen LogP contribution in [0.4, 0.5) is 9.59 Å². The maximum Gasteiger partial charge on any atom is 0.410 e. The first kappa shape index (κ1) is 40.7. The van der Waals surface area contributed by atoms with Gasteiger partial charge in [-0.05, 0) is 91.2 Å². The Labute approximate surface area is 301 Å². The Morgan fingerprint density at radius 2 is 1.24 bits per heavy atom. The zero-order chi connectivity index (χ0) is 36.0. The number of likely N-dealkylation sites (tertiary alicyclic amines) is 2. The lowest BCUT2D eigenvalue weighted by Gasteiger charge is -2.35. The Morgan fingerprint density at radius 3 is 1.65 bits per heavy atom. The van der Waals surface area contributed by atoms with E-state index in [1.54, 1.807) is 16.0 Å². The van der Waals surface area contributed by atoms with Crippen LogP contribution in [-0.4, -0.2) is 79.0 Å². The van der Waals surface area contributed by atoms with Crippen LogP contribution in [0.5, 0.6) is 0 Å². The van der Waals surface area contributed by atoms with E-state index in [1.165, 1.54) is 0 Å². The minimum atomic E-state index is -1.22. The van der Waals surface area contributed by atoms with Gasteiger partial charge in [0, 0.05) is 44.9 Å². The number of carbonyl (C=O) groups is 2. The number of amides is 2. The predicted molar refractivity (Wildman–Crippen MR) is 201 cm³/mol. The summed E-state index contributed by atoms with van der Waals surface area (Å²) in [6.07, 6.45) is 4.73. The van der Waals surface area contributed by atoms with Crippen molar-refractivity contribution in [3.63, 3.8) is 0 Å². The number of hydrogen-bond donors (Lipinski definition) is 1. The highest BCUT2D eigenvalue weighted by Crippen LogP contribution is 2.24. The van der Waals surface area contributed by atoms with Crippen molar-refractivity contribution >= 4 is 41.1 Å². The van der Waals surface area contributed by atoms with Crippen molar-refractivity contribution in [1.29, 1.82) is 0 Å². The van der Waals surface area contributed by atoms with Crippen LogP contribution in [0.3, 0.4) is 0 Å². The Morgan fingerprint density at radius 1 is 0.816 bits per heavy atom. The summed E-state index contributed by atoms with van der Waals surface area (Å²) < 4.78 is 41.7. The molecule has 0 aliphatic carbocycles. The molecule has 2 aliphatic rings. The van der Waals surface area contributed by atoms with Crippen LogP contribution < -0.4 is 4.72 Å². The van der Waals surface area contributed by atoms with Gasteiger partial charge in [0.25, 0.3) is 0 Å². The SMILES string of the molecule is CC(C)(C)[S+]([O-])N=CC1CCN(C(=O)OCc2ccccc2)CC1.C[C@@H](N[S+]([O-])C(C)(C)C)C1CCN(C(=O)OCc2ccccc2)CC1.[HH]. The molecule has 49 heavy (non-hydrogen) atoms. The topological polar surface area (TPSA) is 130 Å². The van der Waals surface area contributed by atoms with Crippen LogP contribution in [0.15, 0.2) is 65.1 Å². The van der Waals surface area contributed by atoms with Crippen LogP contribution in [0, 0.1) is 11.8 Å². The molecular weight excluding hydrogens is 661 g/mol. The molecule has 2 amide bonds. The second kappa shape index (κ2) is 19.6. The first-order valence-electron chi connectivity index (χ1n) is 17.2. The predicted octanol–water partition coefficient (Wildman–Crippen LogP) is 7.29. The molecule has 2 aromatic carbocycles. The molecule has 274 valence electrons. The summed E-state index contributed by atoms with van der Waals surface area (Å²) in [5.41, 5.74) is 1.98. The van der Waals surface area contributed by atoms with Gasteiger partial charge >= 0.3 is 12.2 Å². The van der Waals surface area contributed by atoms with E-state index in [-0.39, 0.29) is 35.1 Å². The molecule has 1 N–H and O–H groups in total. The number of hydrogen-bond acceptors (Lipinski definition) is 8. The van der Waals surface area contributed by atoms with Gasteiger partial charge in [-0.15, -0.1) is 4.72 Å². The van der Waals surface area contributed by atoms with Crippen LogP contribution in [0.1, 0.15) is 86.7 Å². The van der Waals surface area contributed by atoms with E-state index in [2.05, 4.69) is 16.0 Å². The first-order valence-corrected chi connectivity index (χ1v) is 19.4. The molecule has 0 aromatic heterocycles. The Balaban J connectivity index is 0.000000340. The van der Waals surface area contributed by atoms with Gasteiger partial charge in [-0.1, -0.05) is 65.1 Å². The number of carbonyl (C=O) groups excluding carboxylic acids is 2. The van der Waals surface area contributed by atoms with Crippen molar-refractivity contribution in [2.75, 3.05) is 26.2 Å². The van der Waals surface area contributed by atoms with Crippen LogP contribution in [-0.2, 0) is 45.4 Å². The van der Waals surface area contributed by atoms with E-state index >= 15 is 0 Å². The fourth-order valence-electron chi connectivity index (χ4n) is 5.18. The molecule has 2 saturated heterocycles. The molecule has 0 saturated carbocycles. The maximum absolute atomic E-state index is 12.2. The highest BCUT2D eigenvalue weighted by Gasteiger charge is 2.33. The molecule has 12 heteroatoms. The van der Waals surface area contributed by atoms with E-state index in [4.69, 9.17) is 9.47 Å². The second-order valence-electron chi connectivity index (χ2n) is 14.6. The molecular formula is C37H58N4O6S2. The molecule has 2 unspecified atom stereocenters. The number of nitrogens with one attached hydrogen (secondary N) is 1. The molecule has 2 aliphatic heterocycles. The summed E-state index contributed by atoms with van der Waals surface area (Å²) in [6, 6.07) is 19.5. The Bertz CT molecular complexity index is 1300. The fraction of sp³-hybridized carbons (Fsp3) is 0.595. The van der Waals surface area contributed by atoms with Crippen LogP contribution in [0.2, 0.25) is 0 Å². The molecule has 0 spiro atoms. The van der Waals surface area contributed by atoms with Crippen molar-refractivity contribution in [3.8, 4) is 0 Å². The normalized spacial score (nSPS) is 18.3. The van der Waals surface area contributed by atoms with E-state index < -0.39 is 22.7 Å². The maximum atomic E-state index is 12.2.